The van der Waals surface area contributed by atoms with Gasteiger partial charge in [-0.1, -0.05) is 12.1 Å². The molecule has 1 amide bonds. The molecule has 0 aliphatic carbocycles. The van der Waals surface area contributed by atoms with Gasteiger partial charge >= 0.3 is 0 Å². The van der Waals surface area contributed by atoms with Crippen molar-refractivity contribution in [3.8, 4) is 11.3 Å². The molecule has 1 aliphatic heterocycles. The first kappa shape index (κ1) is 17.5. The summed E-state index contributed by atoms with van der Waals surface area (Å²) in [5.74, 6) is 0.600. The Bertz CT molecular complexity index is 948. The number of nitrogens with one attached hydrogen (secondary N) is 1. The van der Waals surface area contributed by atoms with Crippen molar-refractivity contribution >= 4 is 17.4 Å². The highest BCUT2D eigenvalue weighted by atomic mass is 19.1. The number of piperidine rings is 1. The van der Waals surface area contributed by atoms with Gasteiger partial charge in [0, 0.05) is 44.0 Å². The summed E-state index contributed by atoms with van der Waals surface area (Å²) in [5, 5.41) is 3.33. The first-order valence-corrected chi connectivity index (χ1v) is 9.32. The van der Waals surface area contributed by atoms with Crippen LogP contribution in [0.4, 0.5) is 10.2 Å². The summed E-state index contributed by atoms with van der Waals surface area (Å²) in [6.45, 7) is 2.21. The van der Waals surface area contributed by atoms with Crippen LogP contribution in [0.15, 0.2) is 42.9 Å². The molecule has 3 heterocycles. The molecule has 0 radical (unpaired) electrons. The van der Waals surface area contributed by atoms with Gasteiger partial charge in [0.15, 0.2) is 5.65 Å². The zero-order valence-corrected chi connectivity index (χ0v) is 15.1. The number of aromatic nitrogens is 3. The second-order valence-corrected chi connectivity index (χ2v) is 6.74. The second-order valence-electron chi connectivity index (χ2n) is 6.74. The maximum absolute atomic E-state index is 13.7. The number of hydrogen-bond acceptors (Lipinski definition) is 4. The quantitative estimate of drug-likeness (QED) is 0.751. The van der Waals surface area contributed by atoms with Crippen LogP contribution in [0.5, 0.6) is 0 Å². The van der Waals surface area contributed by atoms with Crippen LogP contribution >= 0.6 is 0 Å². The Hall–Kier alpha value is -2.96. The lowest BCUT2D eigenvalue weighted by Crippen LogP contribution is -2.36. The number of imidazole rings is 1. The molecule has 1 aliphatic rings. The molecule has 0 bridgehead atoms. The van der Waals surface area contributed by atoms with Crippen molar-refractivity contribution in [3.05, 3.63) is 48.7 Å². The molecule has 1 fully saturated rings. The first-order valence-electron chi connectivity index (χ1n) is 9.32. The summed E-state index contributed by atoms with van der Waals surface area (Å²) in [6.07, 6.45) is 8.93. The van der Waals surface area contributed by atoms with E-state index in [1.807, 2.05) is 15.4 Å². The molecule has 6 nitrogen and oxygen atoms in total. The molecule has 0 atom stereocenters. The Morgan fingerprint density at radius 3 is 2.89 bits per heavy atom. The Kier molecular flexibility index (Phi) is 5.00. The number of hydrogen-bond donors (Lipinski definition) is 1. The smallest absolute Gasteiger partial charge is 0.224 e. The number of anilines is 1. The SMILES string of the molecule is O=C(CCNc1c(-c2cccc(F)c2)nc2cnccn12)N1CCCCC1. The van der Waals surface area contributed by atoms with E-state index in [4.69, 9.17) is 0 Å². The molecule has 2 aromatic heterocycles. The molecule has 7 heteroatoms. The van der Waals surface area contributed by atoms with Crippen molar-refractivity contribution in [1.29, 1.82) is 0 Å². The fourth-order valence-electron chi connectivity index (χ4n) is 3.50. The van der Waals surface area contributed by atoms with Gasteiger partial charge in [-0.3, -0.25) is 14.2 Å². The van der Waals surface area contributed by atoms with Crippen LogP contribution in [-0.4, -0.2) is 44.8 Å². The minimum Gasteiger partial charge on any atom is -0.369 e. The highest BCUT2D eigenvalue weighted by Gasteiger charge is 2.18. The molecule has 140 valence electrons. The van der Waals surface area contributed by atoms with Crippen molar-refractivity contribution in [1.82, 2.24) is 19.3 Å². The zero-order valence-electron chi connectivity index (χ0n) is 15.1. The van der Waals surface area contributed by atoms with Crippen LogP contribution in [-0.2, 0) is 4.79 Å². The maximum atomic E-state index is 13.7. The van der Waals surface area contributed by atoms with Crippen LogP contribution in [0.1, 0.15) is 25.7 Å². The summed E-state index contributed by atoms with van der Waals surface area (Å²) >= 11 is 0. The summed E-state index contributed by atoms with van der Waals surface area (Å²) in [5.41, 5.74) is 2.00. The van der Waals surface area contributed by atoms with Gasteiger partial charge in [0.2, 0.25) is 5.91 Å². The standard InChI is InChI=1S/C20H22FN5O/c21-16-6-4-5-15(13-16)19-20(26-12-9-22-14-17(26)24-19)23-8-7-18(27)25-10-2-1-3-11-25/h4-6,9,12-14,23H,1-3,7-8,10-11H2. The topological polar surface area (TPSA) is 62.5 Å². The van der Waals surface area contributed by atoms with E-state index in [2.05, 4.69) is 15.3 Å². The van der Waals surface area contributed by atoms with Crippen molar-refractivity contribution in [2.24, 2.45) is 0 Å². The number of likely N-dealkylation sites (tertiary alicyclic amines) is 1. The lowest BCUT2D eigenvalue weighted by molar-refractivity contribution is -0.131. The Labute approximate surface area is 157 Å². The molecule has 0 saturated carbocycles. The Balaban J connectivity index is 1.55. The highest BCUT2D eigenvalue weighted by Crippen LogP contribution is 2.28. The third kappa shape index (κ3) is 3.77. The van der Waals surface area contributed by atoms with Crippen LogP contribution in [0.3, 0.4) is 0 Å². The van der Waals surface area contributed by atoms with Crippen LogP contribution < -0.4 is 5.32 Å². The summed E-state index contributed by atoms with van der Waals surface area (Å²) in [7, 11) is 0. The van der Waals surface area contributed by atoms with Crippen LogP contribution in [0.25, 0.3) is 16.9 Å². The maximum Gasteiger partial charge on any atom is 0.224 e. The molecule has 0 spiro atoms. The molecule has 1 saturated heterocycles. The summed E-state index contributed by atoms with van der Waals surface area (Å²) < 4.78 is 15.6. The van der Waals surface area contributed by atoms with Crippen LogP contribution in [0, 0.1) is 5.82 Å². The van der Waals surface area contributed by atoms with Gasteiger partial charge < -0.3 is 10.2 Å². The number of halogens is 1. The lowest BCUT2D eigenvalue weighted by atomic mass is 10.1. The number of benzene rings is 1. The van der Waals surface area contributed by atoms with Crippen molar-refractivity contribution in [2.45, 2.75) is 25.7 Å². The molecular formula is C20H22FN5O. The minimum absolute atomic E-state index is 0.171. The average Bonchev–Trinajstić information content (AvgIpc) is 3.07. The average molecular weight is 367 g/mol. The van der Waals surface area contributed by atoms with E-state index in [1.54, 1.807) is 24.7 Å². The fourth-order valence-corrected chi connectivity index (χ4v) is 3.50. The number of carbonyl (C=O) groups excluding carboxylic acids is 1. The van der Waals surface area contributed by atoms with E-state index in [0.717, 1.165) is 31.7 Å². The van der Waals surface area contributed by atoms with Gasteiger partial charge in [-0.05, 0) is 31.4 Å². The van der Waals surface area contributed by atoms with Crippen molar-refractivity contribution in [2.75, 3.05) is 25.0 Å². The number of nitrogens with zero attached hydrogens (tertiary/aromatic N) is 4. The third-order valence-electron chi connectivity index (χ3n) is 4.87. The minimum atomic E-state index is -0.311. The predicted molar refractivity (Wildman–Crippen MR) is 102 cm³/mol. The second kappa shape index (κ2) is 7.73. The Morgan fingerprint density at radius 1 is 1.22 bits per heavy atom. The summed E-state index contributed by atoms with van der Waals surface area (Å²) in [4.78, 5) is 23.0. The number of amides is 1. The monoisotopic (exact) mass is 367 g/mol. The molecule has 3 aromatic rings. The van der Waals surface area contributed by atoms with E-state index in [-0.39, 0.29) is 11.7 Å². The molecule has 0 unspecified atom stereocenters. The van der Waals surface area contributed by atoms with Crippen molar-refractivity contribution < 1.29 is 9.18 Å². The number of fused-ring (bicyclic) bond motifs is 1. The predicted octanol–water partition coefficient (Wildman–Crippen LogP) is 3.35. The van der Waals surface area contributed by atoms with Crippen LogP contribution in [0.2, 0.25) is 0 Å². The van der Waals surface area contributed by atoms with Gasteiger partial charge in [-0.2, -0.15) is 0 Å². The van der Waals surface area contributed by atoms with E-state index in [0.29, 0.717) is 29.9 Å². The van der Waals surface area contributed by atoms with E-state index in [1.165, 1.54) is 18.6 Å². The largest absolute Gasteiger partial charge is 0.369 e. The first-order chi connectivity index (χ1) is 13.2. The van der Waals surface area contributed by atoms with Gasteiger partial charge in [0.1, 0.15) is 17.3 Å². The van der Waals surface area contributed by atoms with E-state index in [9.17, 15) is 9.18 Å². The fraction of sp³-hybridized carbons (Fsp3) is 0.350. The highest BCUT2D eigenvalue weighted by molar-refractivity contribution is 5.78. The van der Waals surface area contributed by atoms with E-state index >= 15 is 0 Å². The van der Waals surface area contributed by atoms with Gasteiger partial charge in [-0.25, -0.2) is 9.37 Å². The third-order valence-corrected chi connectivity index (χ3v) is 4.87. The summed E-state index contributed by atoms with van der Waals surface area (Å²) in [6, 6.07) is 6.35. The molecule has 4 rings (SSSR count). The Morgan fingerprint density at radius 2 is 2.07 bits per heavy atom. The molecule has 1 aromatic carbocycles. The molecule has 27 heavy (non-hydrogen) atoms. The van der Waals surface area contributed by atoms with Gasteiger partial charge in [-0.15, -0.1) is 0 Å². The normalized spacial score (nSPS) is 14.5. The van der Waals surface area contributed by atoms with Gasteiger partial charge in [0.05, 0.1) is 6.20 Å². The number of carbonyl (C=O) groups is 1. The van der Waals surface area contributed by atoms with Gasteiger partial charge in [0.25, 0.3) is 0 Å². The molecular weight excluding hydrogens is 345 g/mol. The molecule has 1 N–H and O–H groups in total. The van der Waals surface area contributed by atoms with E-state index < -0.39 is 0 Å². The van der Waals surface area contributed by atoms with Crippen molar-refractivity contribution in [3.63, 3.8) is 0 Å². The lowest BCUT2D eigenvalue weighted by Gasteiger charge is -2.26. The number of rotatable bonds is 5. The zero-order chi connectivity index (χ0) is 18.6.